The van der Waals surface area contributed by atoms with Crippen molar-refractivity contribution >= 4 is 15.7 Å². The van der Waals surface area contributed by atoms with E-state index in [0.29, 0.717) is 13.1 Å². The summed E-state index contributed by atoms with van der Waals surface area (Å²) in [5, 5.41) is 9.20. The molecule has 118 valence electrons. The topological polar surface area (TPSA) is 78.2 Å². The van der Waals surface area contributed by atoms with E-state index in [4.69, 9.17) is 0 Å². The molecule has 1 aromatic carbocycles. The molecule has 0 aromatic heterocycles. The van der Waals surface area contributed by atoms with E-state index in [1.165, 1.54) is 12.1 Å². The van der Waals surface area contributed by atoms with Gasteiger partial charge in [-0.15, -0.1) is 0 Å². The average Bonchev–Trinajstić information content (AvgIpc) is 2.47. The molecule has 0 unspecified atom stereocenters. The van der Waals surface area contributed by atoms with E-state index in [1.807, 2.05) is 6.92 Å². The molecule has 0 spiro atoms. The van der Waals surface area contributed by atoms with Gasteiger partial charge in [0.25, 0.3) is 0 Å². The Bertz CT molecular complexity index is 704. The lowest BCUT2D eigenvalue weighted by Crippen LogP contribution is -2.44. The number of hydrogen-bond donors (Lipinski definition) is 0. The number of likely N-dealkylation sites (tertiary alicyclic amines) is 1. The van der Waals surface area contributed by atoms with E-state index < -0.39 is 15.3 Å². The van der Waals surface area contributed by atoms with Gasteiger partial charge in [0, 0.05) is 19.3 Å². The lowest BCUT2D eigenvalue weighted by Gasteiger charge is -2.36. The molecular weight excluding hydrogens is 300 g/mol. The molecule has 1 atom stereocenters. The van der Waals surface area contributed by atoms with Gasteiger partial charge in [-0.2, -0.15) is 5.26 Å². The number of nitrogens with zero attached hydrogens (tertiary/aromatic N) is 2. The maximum Gasteiger partial charge on any atom is 0.227 e. The molecule has 2 rings (SSSR count). The SMILES string of the molecule is C[C@]1(C#N)CCCN(C(=O)Cc2ccc(S(C)(=O)=O)cc2)C1. The van der Waals surface area contributed by atoms with Crippen LogP contribution in [0.15, 0.2) is 29.2 Å². The van der Waals surface area contributed by atoms with E-state index >= 15 is 0 Å². The third-order valence-corrected chi connectivity index (χ3v) is 5.15. The van der Waals surface area contributed by atoms with Crippen molar-refractivity contribution in [3.05, 3.63) is 29.8 Å². The van der Waals surface area contributed by atoms with Crippen molar-refractivity contribution in [1.29, 1.82) is 5.26 Å². The monoisotopic (exact) mass is 320 g/mol. The van der Waals surface area contributed by atoms with Gasteiger partial charge in [-0.3, -0.25) is 4.79 Å². The number of sulfone groups is 1. The predicted octanol–water partition coefficient (Wildman–Crippen LogP) is 1.78. The molecule has 1 aliphatic heterocycles. The number of hydrogen-bond acceptors (Lipinski definition) is 4. The van der Waals surface area contributed by atoms with Crippen LogP contribution >= 0.6 is 0 Å². The number of carbonyl (C=O) groups excluding carboxylic acids is 1. The second-order valence-electron chi connectivity index (χ2n) is 6.18. The third-order valence-electron chi connectivity index (χ3n) is 4.03. The second kappa shape index (κ2) is 6.09. The van der Waals surface area contributed by atoms with Crippen molar-refractivity contribution in [3.63, 3.8) is 0 Å². The maximum absolute atomic E-state index is 12.4. The molecule has 6 heteroatoms. The standard InChI is InChI=1S/C16H20N2O3S/c1-16(11-17)8-3-9-18(12-16)15(19)10-13-4-6-14(7-5-13)22(2,20)21/h4-7H,3,8-10,12H2,1-2H3/t16-/m1/s1. The molecular formula is C16H20N2O3S. The van der Waals surface area contributed by atoms with Crippen LogP contribution in [0.4, 0.5) is 0 Å². The Labute approximate surface area is 131 Å². The summed E-state index contributed by atoms with van der Waals surface area (Å²) in [5.74, 6) is -0.0201. The molecule has 0 saturated carbocycles. The lowest BCUT2D eigenvalue weighted by atomic mass is 9.83. The highest BCUT2D eigenvalue weighted by molar-refractivity contribution is 7.90. The molecule has 0 bridgehead atoms. The lowest BCUT2D eigenvalue weighted by molar-refractivity contribution is -0.132. The Kier molecular flexibility index (Phi) is 4.57. The van der Waals surface area contributed by atoms with Crippen molar-refractivity contribution in [2.24, 2.45) is 5.41 Å². The van der Waals surface area contributed by atoms with Crippen LogP contribution in [0.25, 0.3) is 0 Å². The number of carbonyl (C=O) groups is 1. The molecule has 1 aliphatic rings. The maximum atomic E-state index is 12.4. The highest BCUT2D eigenvalue weighted by Gasteiger charge is 2.32. The number of amides is 1. The van der Waals surface area contributed by atoms with Crippen LogP contribution in [0.2, 0.25) is 0 Å². The Balaban J connectivity index is 2.05. The van der Waals surface area contributed by atoms with Crippen molar-refractivity contribution < 1.29 is 13.2 Å². The van der Waals surface area contributed by atoms with Crippen molar-refractivity contribution in [2.75, 3.05) is 19.3 Å². The zero-order valence-corrected chi connectivity index (χ0v) is 13.7. The Morgan fingerprint density at radius 1 is 1.36 bits per heavy atom. The number of rotatable bonds is 3. The quantitative estimate of drug-likeness (QED) is 0.850. The zero-order chi connectivity index (χ0) is 16.4. The molecule has 1 heterocycles. The minimum Gasteiger partial charge on any atom is -0.341 e. The highest BCUT2D eigenvalue weighted by atomic mass is 32.2. The van der Waals surface area contributed by atoms with E-state index in [2.05, 4.69) is 6.07 Å². The molecule has 1 aromatic rings. The van der Waals surface area contributed by atoms with Crippen LogP contribution < -0.4 is 0 Å². The molecule has 0 radical (unpaired) electrons. The minimum absolute atomic E-state index is 0.0201. The average molecular weight is 320 g/mol. The Morgan fingerprint density at radius 3 is 2.55 bits per heavy atom. The first-order valence-electron chi connectivity index (χ1n) is 7.22. The fraction of sp³-hybridized carbons (Fsp3) is 0.500. The van der Waals surface area contributed by atoms with Crippen LogP contribution in [0, 0.1) is 16.7 Å². The van der Waals surface area contributed by atoms with Gasteiger partial charge in [-0.05, 0) is 37.5 Å². The van der Waals surface area contributed by atoms with Crippen molar-refractivity contribution in [1.82, 2.24) is 4.90 Å². The molecule has 0 N–H and O–H groups in total. The van der Waals surface area contributed by atoms with Crippen LogP contribution in [-0.4, -0.2) is 38.6 Å². The van der Waals surface area contributed by atoms with Crippen LogP contribution in [0.3, 0.4) is 0 Å². The Morgan fingerprint density at radius 2 is 2.00 bits per heavy atom. The first kappa shape index (κ1) is 16.5. The normalized spacial score (nSPS) is 22.1. The second-order valence-corrected chi connectivity index (χ2v) is 8.20. The minimum atomic E-state index is -3.22. The van der Waals surface area contributed by atoms with Gasteiger partial charge in [0.05, 0.1) is 22.8 Å². The van der Waals surface area contributed by atoms with Gasteiger partial charge in [0.1, 0.15) is 0 Å². The molecule has 5 nitrogen and oxygen atoms in total. The number of benzene rings is 1. The van der Waals surface area contributed by atoms with Crippen LogP contribution in [0.1, 0.15) is 25.3 Å². The van der Waals surface area contributed by atoms with Gasteiger partial charge in [0.2, 0.25) is 5.91 Å². The largest absolute Gasteiger partial charge is 0.341 e. The van der Waals surface area contributed by atoms with E-state index in [0.717, 1.165) is 24.7 Å². The summed E-state index contributed by atoms with van der Waals surface area (Å²) in [6, 6.07) is 8.67. The summed E-state index contributed by atoms with van der Waals surface area (Å²) in [4.78, 5) is 14.3. The van der Waals surface area contributed by atoms with Crippen LogP contribution in [-0.2, 0) is 21.1 Å². The molecule has 1 fully saturated rings. The third kappa shape index (κ3) is 3.86. The molecule has 0 aliphatic carbocycles. The summed E-state index contributed by atoms with van der Waals surface area (Å²) in [6.45, 7) is 3.02. The summed E-state index contributed by atoms with van der Waals surface area (Å²) in [6.07, 6.45) is 3.04. The summed E-state index contributed by atoms with van der Waals surface area (Å²) in [5.41, 5.74) is 0.315. The van der Waals surface area contributed by atoms with Gasteiger partial charge in [-0.1, -0.05) is 12.1 Å². The molecule has 22 heavy (non-hydrogen) atoms. The Hall–Kier alpha value is -1.87. The van der Waals surface area contributed by atoms with Crippen molar-refractivity contribution in [3.8, 4) is 6.07 Å². The van der Waals surface area contributed by atoms with Gasteiger partial charge < -0.3 is 4.90 Å². The van der Waals surface area contributed by atoms with Gasteiger partial charge >= 0.3 is 0 Å². The molecule has 1 saturated heterocycles. The first-order valence-corrected chi connectivity index (χ1v) is 9.11. The number of nitriles is 1. The smallest absolute Gasteiger partial charge is 0.227 e. The summed E-state index contributed by atoms with van der Waals surface area (Å²) >= 11 is 0. The van der Waals surface area contributed by atoms with Gasteiger partial charge in [0.15, 0.2) is 9.84 Å². The number of piperidine rings is 1. The van der Waals surface area contributed by atoms with Crippen molar-refractivity contribution in [2.45, 2.75) is 31.1 Å². The molecule has 1 amide bonds. The fourth-order valence-corrected chi connectivity index (χ4v) is 3.31. The summed E-state index contributed by atoms with van der Waals surface area (Å²) < 4.78 is 22.8. The predicted molar refractivity (Wildman–Crippen MR) is 82.8 cm³/mol. The zero-order valence-electron chi connectivity index (χ0n) is 12.9. The van der Waals surface area contributed by atoms with Crippen LogP contribution in [0.5, 0.6) is 0 Å². The van der Waals surface area contributed by atoms with Gasteiger partial charge in [-0.25, -0.2) is 8.42 Å². The highest BCUT2D eigenvalue weighted by Crippen LogP contribution is 2.28. The first-order chi connectivity index (χ1) is 10.2. The fourth-order valence-electron chi connectivity index (χ4n) is 2.68. The summed E-state index contributed by atoms with van der Waals surface area (Å²) in [7, 11) is -3.22. The van der Waals surface area contributed by atoms with E-state index in [1.54, 1.807) is 17.0 Å². The van der Waals surface area contributed by atoms with E-state index in [9.17, 15) is 18.5 Å². The van der Waals surface area contributed by atoms with E-state index in [-0.39, 0.29) is 17.2 Å².